The Balaban J connectivity index is 0.00000288. The van der Waals surface area contributed by atoms with Gasteiger partial charge in [-0.2, -0.15) is 0 Å². The SMILES string of the molecule is CCNC(=NCCCn1ccnc1)NC1CCN(C(C)C)CC1.I. The van der Waals surface area contributed by atoms with Crippen LogP contribution in [0.1, 0.15) is 40.0 Å². The van der Waals surface area contributed by atoms with Crippen LogP contribution in [0.25, 0.3) is 0 Å². The summed E-state index contributed by atoms with van der Waals surface area (Å²) in [7, 11) is 0. The number of aliphatic imine (C=N–C) groups is 1. The molecule has 0 saturated carbocycles. The largest absolute Gasteiger partial charge is 0.357 e. The number of nitrogens with zero attached hydrogens (tertiary/aromatic N) is 4. The van der Waals surface area contributed by atoms with Crippen molar-refractivity contribution in [3.8, 4) is 0 Å². The number of halogens is 1. The van der Waals surface area contributed by atoms with E-state index in [0.717, 1.165) is 32.0 Å². The van der Waals surface area contributed by atoms with E-state index in [2.05, 4.69) is 45.9 Å². The molecular formula is C17H33IN6. The van der Waals surface area contributed by atoms with E-state index in [1.54, 1.807) is 0 Å². The van der Waals surface area contributed by atoms with Crippen molar-refractivity contribution in [3.63, 3.8) is 0 Å². The van der Waals surface area contributed by atoms with Crippen LogP contribution in [0.15, 0.2) is 23.7 Å². The Kier molecular flexibility index (Phi) is 10.3. The zero-order valence-electron chi connectivity index (χ0n) is 15.2. The maximum atomic E-state index is 4.71. The smallest absolute Gasteiger partial charge is 0.191 e. The van der Waals surface area contributed by atoms with E-state index in [-0.39, 0.29) is 24.0 Å². The Morgan fingerprint density at radius 1 is 1.33 bits per heavy atom. The number of hydrogen-bond acceptors (Lipinski definition) is 3. The van der Waals surface area contributed by atoms with Gasteiger partial charge in [-0.25, -0.2) is 4.98 Å². The third-order valence-corrected chi connectivity index (χ3v) is 4.35. The van der Waals surface area contributed by atoms with Gasteiger partial charge in [0.2, 0.25) is 0 Å². The molecule has 1 aliphatic rings. The number of guanidine groups is 1. The van der Waals surface area contributed by atoms with Gasteiger partial charge in [0.15, 0.2) is 5.96 Å². The summed E-state index contributed by atoms with van der Waals surface area (Å²) in [6.45, 7) is 11.7. The van der Waals surface area contributed by atoms with Gasteiger partial charge in [0.05, 0.1) is 6.33 Å². The first-order valence-corrected chi connectivity index (χ1v) is 8.93. The first-order valence-electron chi connectivity index (χ1n) is 8.93. The number of aryl methyl sites for hydroxylation is 1. The van der Waals surface area contributed by atoms with E-state index < -0.39 is 0 Å². The summed E-state index contributed by atoms with van der Waals surface area (Å²) in [5, 5.41) is 6.97. The van der Waals surface area contributed by atoms with Gasteiger partial charge in [0.25, 0.3) is 0 Å². The Labute approximate surface area is 163 Å². The van der Waals surface area contributed by atoms with Crippen LogP contribution in [-0.2, 0) is 6.54 Å². The Hall–Kier alpha value is -0.830. The molecule has 2 heterocycles. The fourth-order valence-corrected chi connectivity index (χ4v) is 2.94. The molecule has 6 nitrogen and oxygen atoms in total. The second kappa shape index (κ2) is 11.7. The molecule has 2 rings (SSSR count). The maximum absolute atomic E-state index is 4.71. The molecule has 138 valence electrons. The third kappa shape index (κ3) is 7.38. The summed E-state index contributed by atoms with van der Waals surface area (Å²) in [5.74, 6) is 0.959. The van der Waals surface area contributed by atoms with Crippen LogP contribution in [0.2, 0.25) is 0 Å². The van der Waals surface area contributed by atoms with Crippen LogP contribution in [0.4, 0.5) is 0 Å². The number of likely N-dealkylation sites (tertiary alicyclic amines) is 1. The molecule has 1 aromatic heterocycles. The van der Waals surface area contributed by atoms with E-state index in [9.17, 15) is 0 Å². The average molecular weight is 448 g/mol. The maximum Gasteiger partial charge on any atom is 0.191 e. The Morgan fingerprint density at radius 2 is 2.08 bits per heavy atom. The van der Waals surface area contributed by atoms with Gasteiger partial charge >= 0.3 is 0 Å². The minimum Gasteiger partial charge on any atom is -0.357 e. The number of hydrogen-bond donors (Lipinski definition) is 2. The van der Waals surface area contributed by atoms with Gasteiger partial charge in [-0.05, 0) is 40.0 Å². The fourth-order valence-electron chi connectivity index (χ4n) is 2.94. The summed E-state index contributed by atoms with van der Waals surface area (Å²) < 4.78 is 2.09. The molecule has 2 N–H and O–H groups in total. The fraction of sp³-hybridized carbons (Fsp3) is 0.765. The zero-order chi connectivity index (χ0) is 16.5. The Morgan fingerprint density at radius 3 is 2.67 bits per heavy atom. The van der Waals surface area contributed by atoms with Crippen LogP contribution >= 0.6 is 24.0 Å². The van der Waals surface area contributed by atoms with Crippen LogP contribution in [0.3, 0.4) is 0 Å². The predicted octanol–water partition coefficient (Wildman–Crippen LogP) is 2.32. The van der Waals surface area contributed by atoms with Crippen molar-refractivity contribution in [1.82, 2.24) is 25.1 Å². The van der Waals surface area contributed by atoms with Crippen molar-refractivity contribution in [2.24, 2.45) is 4.99 Å². The number of nitrogens with one attached hydrogen (secondary N) is 2. The molecule has 0 amide bonds. The molecule has 1 aliphatic heterocycles. The molecule has 1 aromatic rings. The summed E-state index contributed by atoms with van der Waals surface area (Å²) in [6.07, 6.45) is 9.08. The lowest BCUT2D eigenvalue weighted by Gasteiger charge is -2.35. The summed E-state index contributed by atoms with van der Waals surface area (Å²) >= 11 is 0. The van der Waals surface area contributed by atoms with Gasteiger partial charge in [0.1, 0.15) is 0 Å². The first-order chi connectivity index (χ1) is 11.2. The molecule has 7 heteroatoms. The molecule has 0 bridgehead atoms. The van der Waals surface area contributed by atoms with Crippen molar-refractivity contribution in [2.45, 2.75) is 58.7 Å². The van der Waals surface area contributed by atoms with Crippen LogP contribution in [0.5, 0.6) is 0 Å². The highest BCUT2D eigenvalue weighted by Crippen LogP contribution is 2.12. The zero-order valence-corrected chi connectivity index (χ0v) is 17.6. The molecule has 0 spiro atoms. The topological polar surface area (TPSA) is 57.5 Å². The number of rotatable bonds is 7. The highest BCUT2D eigenvalue weighted by Gasteiger charge is 2.21. The van der Waals surface area contributed by atoms with Gasteiger partial charge < -0.3 is 20.1 Å². The molecule has 0 aliphatic carbocycles. The van der Waals surface area contributed by atoms with Gasteiger partial charge in [-0.1, -0.05) is 0 Å². The molecule has 1 saturated heterocycles. The lowest BCUT2D eigenvalue weighted by molar-refractivity contribution is 0.167. The molecule has 0 atom stereocenters. The van der Waals surface area contributed by atoms with Crippen LogP contribution < -0.4 is 10.6 Å². The van der Waals surface area contributed by atoms with Crippen molar-refractivity contribution in [2.75, 3.05) is 26.2 Å². The van der Waals surface area contributed by atoms with E-state index in [1.165, 1.54) is 25.9 Å². The Bertz CT molecular complexity index is 452. The standard InChI is InChI=1S/C17H32N6.HI/c1-4-19-17(20-8-5-10-22-13-9-18-14-22)21-16-6-11-23(12-7-16)15(2)3;/h9,13-16H,4-8,10-12H2,1-3H3,(H2,19,20,21);1H. The van der Waals surface area contributed by atoms with Crippen molar-refractivity contribution < 1.29 is 0 Å². The quantitative estimate of drug-likeness (QED) is 0.291. The lowest BCUT2D eigenvalue weighted by atomic mass is 10.0. The van der Waals surface area contributed by atoms with E-state index in [4.69, 9.17) is 4.99 Å². The van der Waals surface area contributed by atoms with E-state index >= 15 is 0 Å². The molecule has 0 radical (unpaired) electrons. The highest BCUT2D eigenvalue weighted by molar-refractivity contribution is 14.0. The van der Waals surface area contributed by atoms with Gasteiger partial charge in [-0.3, -0.25) is 4.99 Å². The second-order valence-electron chi connectivity index (χ2n) is 6.46. The average Bonchev–Trinajstić information content (AvgIpc) is 3.05. The lowest BCUT2D eigenvalue weighted by Crippen LogP contribution is -2.49. The van der Waals surface area contributed by atoms with E-state index in [1.807, 2.05) is 18.7 Å². The van der Waals surface area contributed by atoms with Crippen molar-refractivity contribution in [1.29, 1.82) is 0 Å². The summed E-state index contributed by atoms with van der Waals surface area (Å²) in [5.41, 5.74) is 0. The first kappa shape index (κ1) is 21.2. The van der Waals surface area contributed by atoms with Crippen molar-refractivity contribution >= 4 is 29.9 Å². The highest BCUT2D eigenvalue weighted by atomic mass is 127. The molecule has 1 fully saturated rings. The number of imidazole rings is 1. The number of aromatic nitrogens is 2. The minimum atomic E-state index is 0. The predicted molar refractivity (Wildman–Crippen MR) is 111 cm³/mol. The van der Waals surface area contributed by atoms with E-state index in [0.29, 0.717) is 12.1 Å². The summed E-state index contributed by atoms with van der Waals surface area (Å²) in [6, 6.07) is 1.19. The van der Waals surface area contributed by atoms with Crippen molar-refractivity contribution in [3.05, 3.63) is 18.7 Å². The normalized spacial score (nSPS) is 16.9. The minimum absolute atomic E-state index is 0. The number of piperidine rings is 1. The molecule has 0 aromatic carbocycles. The summed E-state index contributed by atoms with van der Waals surface area (Å²) in [4.78, 5) is 11.3. The van der Waals surface area contributed by atoms with Gasteiger partial charge in [0, 0.05) is 57.2 Å². The van der Waals surface area contributed by atoms with Crippen LogP contribution in [0, 0.1) is 0 Å². The third-order valence-electron chi connectivity index (χ3n) is 4.35. The van der Waals surface area contributed by atoms with Gasteiger partial charge in [-0.15, -0.1) is 24.0 Å². The molecule has 0 unspecified atom stereocenters. The molecule has 24 heavy (non-hydrogen) atoms. The second-order valence-corrected chi connectivity index (χ2v) is 6.46. The monoisotopic (exact) mass is 448 g/mol. The van der Waals surface area contributed by atoms with Crippen LogP contribution in [-0.4, -0.2) is 58.7 Å². The molecular weight excluding hydrogens is 415 g/mol.